The first-order valence-corrected chi connectivity index (χ1v) is 12.0. The summed E-state index contributed by atoms with van der Waals surface area (Å²) in [5.74, 6) is 0.271. The summed E-state index contributed by atoms with van der Waals surface area (Å²) in [6.45, 7) is 1.86. The molecule has 0 saturated heterocycles. The number of methoxy groups -OCH3 is 2. The average molecular weight is 469 g/mol. The van der Waals surface area contributed by atoms with Crippen LogP contribution in [0, 0.1) is 0 Å². The molecule has 0 aliphatic heterocycles. The zero-order valence-electron chi connectivity index (χ0n) is 18.8. The second-order valence-corrected chi connectivity index (χ2v) is 9.24. The standard InChI is InChI=1S/C25H28N2O5S/c1-18(20-12-8-5-9-13-20)26-25(28)22(16-19-10-6-4-7-11-19)27-33(29,30)21-14-15-23(31-2)24(17-21)32-3/h4-15,17-18,22,27H,16H2,1-3H3,(H,26,28)/t18-,22-/m1/s1. The van der Waals surface area contributed by atoms with Crippen molar-refractivity contribution in [2.75, 3.05) is 14.2 Å². The van der Waals surface area contributed by atoms with Gasteiger partial charge in [0.15, 0.2) is 11.5 Å². The van der Waals surface area contributed by atoms with E-state index in [0.29, 0.717) is 5.75 Å². The molecule has 0 spiro atoms. The van der Waals surface area contributed by atoms with Crippen LogP contribution in [0.2, 0.25) is 0 Å². The van der Waals surface area contributed by atoms with Gasteiger partial charge in [-0.15, -0.1) is 0 Å². The van der Waals surface area contributed by atoms with E-state index in [1.807, 2.05) is 67.6 Å². The summed E-state index contributed by atoms with van der Waals surface area (Å²) >= 11 is 0. The second-order valence-electron chi connectivity index (χ2n) is 7.52. The van der Waals surface area contributed by atoms with E-state index in [9.17, 15) is 13.2 Å². The van der Waals surface area contributed by atoms with E-state index in [-0.39, 0.29) is 23.1 Å². The van der Waals surface area contributed by atoms with Gasteiger partial charge in [0.1, 0.15) is 6.04 Å². The summed E-state index contributed by atoms with van der Waals surface area (Å²) in [7, 11) is -1.13. The van der Waals surface area contributed by atoms with Crippen molar-refractivity contribution in [1.29, 1.82) is 0 Å². The largest absolute Gasteiger partial charge is 0.493 e. The van der Waals surface area contributed by atoms with E-state index in [4.69, 9.17) is 9.47 Å². The molecule has 2 atom stereocenters. The zero-order valence-corrected chi connectivity index (χ0v) is 19.6. The highest BCUT2D eigenvalue weighted by atomic mass is 32.2. The molecular formula is C25H28N2O5S. The topological polar surface area (TPSA) is 93.7 Å². The van der Waals surface area contributed by atoms with Gasteiger partial charge in [0.2, 0.25) is 15.9 Å². The number of hydrogen-bond donors (Lipinski definition) is 2. The third-order valence-corrected chi connectivity index (χ3v) is 6.69. The maximum atomic E-state index is 13.2. The Bertz CT molecular complexity index is 1170. The molecule has 0 saturated carbocycles. The lowest BCUT2D eigenvalue weighted by Gasteiger charge is -2.22. The number of carbonyl (C=O) groups excluding carboxylic acids is 1. The summed E-state index contributed by atoms with van der Waals surface area (Å²) in [5, 5.41) is 2.92. The van der Waals surface area contributed by atoms with Crippen LogP contribution < -0.4 is 19.5 Å². The Morgan fingerprint density at radius 2 is 1.48 bits per heavy atom. The molecular weight excluding hydrogens is 440 g/mol. The summed E-state index contributed by atoms with van der Waals surface area (Å²) in [4.78, 5) is 13.2. The molecule has 3 rings (SSSR count). The highest BCUT2D eigenvalue weighted by molar-refractivity contribution is 7.89. The van der Waals surface area contributed by atoms with Crippen LogP contribution in [0.5, 0.6) is 11.5 Å². The van der Waals surface area contributed by atoms with Gasteiger partial charge in [0.05, 0.1) is 25.2 Å². The molecule has 33 heavy (non-hydrogen) atoms. The maximum absolute atomic E-state index is 13.2. The molecule has 174 valence electrons. The summed E-state index contributed by atoms with van der Waals surface area (Å²) in [6.07, 6.45) is 0.195. The highest BCUT2D eigenvalue weighted by Gasteiger charge is 2.28. The molecule has 0 radical (unpaired) electrons. The van der Waals surface area contributed by atoms with Gasteiger partial charge >= 0.3 is 0 Å². The van der Waals surface area contributed by atoms with Crippen LogP contribution in [-0.4, -0.2) is 34.6 Å². The Morgan fingerprint density at radius 1 is 0.879 bits per heavy atom. The van der Waals surface area contributed by atoms with Crippen LogP contribution in [0.15, 0.2) is 83.8 Å². The van der Waals surface area contributed by atoms with Crippen LogP contribution in [-0.2, 0) is 21.2 Å². The third kappa shape index (κ3) is 6.34. The first-order valence-electron chi connectivity index (χ1n) is 10.5. The smallest absolute Gasteiger partial charge is 0.241 e. The van der Waals surface area contributed by atoms with Gasteiger partial charge in [-0.1, -0.05) is 60.7 Å². The van der Waals surface area contributed by atoms with Crippen LogP contribution in [0.3, 0.4) is 0 Å². The molecule has 0 heterocycles. The molecule has 0 bridgehead atoms. The minimum Gasteiger partial charge on any atom is -0.493 e. The van der Waals surface area contributed by atoms with Crippen molar-refractivity contribution in [2.45, 2.75) is 30.3 Å². The van der Waals surface area contributed by atoms with Gasteiger partial charge < -0.3 is 14.8 Å². The van der Waals surface area contributed by atoms with Crippen molar-refractivity contribution in [3.05, 3.63) is 90.0 Å². The van der Waals surface area contributed by atoms with Gasteiger partial charge in [0.25, 0.3) is 0 Å². The van der Waals surface area contributed by atoms with Crippen molar-refractivity contribution in [3.63, 3.8) is 0 Å². The lowest BCUT2D eigenvalue weighted by molar-refractivity contribution is -0.123. The molecule has 0 aliphatic rings. The van der Waals surface area contributed by atoms with Crippen molar-refractivity contribution >= 4 is 15.9 Å². The molecule has 8 heteroatoms. The molecule has 3 aromatic carbocycles. The van der Waals surface area contributed by atoms with E-state index in [1.165, 1.54) is 32.4 Å². The van der Waals surface area contributed by atoms with Crippen LogP contribution in [0.1, 0.15) is 24.1 Å². The molecule has 0 unspecified atom stereocenters. The summed E-state index contributed by atoms with van der Waals surface area (Å²) in [6, 6.07) is 21.7. The predicted molar refractivity (Wildman–Crippen MR) is 127 cm³/mol. The van der Waals surface area contributed by atoms with Crippen molar-refractivity contribution < 1.29 is 22.7 Å². The number of ether oxygens (including phenoxy) is 2. The van der Waals surface area contributed by atoms with Gasteiger partial charge in [-0.2, -0.15) is 4.72 Å². The van der Waals surface area contributed by atoms with Gasteiger partial charge in [-0.3, -0.25) is 4.79 Å². The zero-order chi connectivity index (χ0) is 23.8. The van der Waals surface area contributed by atoms with Gasteiger partial charge in [-0.25, -0.2) is 8.42 Å². The van der Waals surface area contributed by atoms with Gasteiger partial charge in [0, 0.05) is 6.07 Å². The SMILES string of the molecule is COc1ccc(S(=O)(=O)N[C@H](Cc2ccccc2)C(=O)N[C@H](C)c2ccccc2)cc1OC. The van der Waals surface area contributed by atoms with E-state index in [2.05, 4.69) is 10.0 Å². The highest BCUT2D eigenvalue weighted by Crippen LogP contribution is 2.29. The van der Waals surface area contributed by atoms with Crippen LogP contribution in [0.4, 0.5) is 0 Å². The number of amides is 1. The van der Waals surface area contributed by atoms with E-state index in [1.54, 1.807) is 0 Å². The quantitative estimate of drug-likeness (QED) is 0.475. The molecule has 2 N–H and O–H groups in total. The minimum atomic E-state index is -4.03. The fraction of sp³-hybridized carbons (Fsp3) is 0.240. The predicted octanol–water partition coefficient (Wildman–Crippen LogP) is 3.47. The second kappa shape index (κ2) is 11.0. The Morgan fingerprint density at radius 3 is 2.09 bits per heavy atom. The monoisotopic (exact) mass is 468 g/mol. The first kappa shape index (κ1) is 24.3. The van der Waals surface area contributed by atoms with Crippen molar-refractivity contribution in [1.82, 2.24) is 10.0 Å². The average Bonchev–Trinajstić information content (AvgIpc) is 2.84. The van der Waals surface area contributed by atoms with Crippen molar-refractivity contribution in [2.24, 2.45) is 0 Å². The number of rotatable bonds is 10. The minimum absolute atomic E-state index is 0.0258. The number of nitrogens with one attached hydrogen (secondary N) is 2. The van der Waals surface area contributed by atoms with Crippen molar-refractivity contribution in [3.8, 4) is 11.5 Å². The summed E-state index contributed by atoms with van der Waals surface area (Å²) in [5.41, 5.74) is 1.76. The molecule has 0 aliphatic carbocycles. The Hall–Kier alpha value is -3.36. The first-order chi connectivity index (χ1) is 15.8. The van der Waals surface area contributed by atoms with E-state index < -0.39 is 22.0 Å². The van der Waals surface area contributed by atoms with Gasteiger partial charge in [-0.05, 0) is 36.6 Å². The molecule has 7 nitrogen and oxygen atoms in total. The van der Waals surface area contributed by atoms with E-state index >= 15 is 0 Å². The Balaban J connectivity index is 1.86. The molecule has 3 aromatic rings. The maximum Gasteiger partial charge on any atom is 0.241 e. The third-order valence-electron chi connectivity index (χ3n) is 5.22. The Labute approximate surface area is 194 Å². The molecule has 0 fully saturated rings. The van der Waals surface area contributed by atoms with E-state index in [0.717, 1.165) is 11.1 Å². The normalized spacial score (nSPS) is 13.1. The number of sulfonamides is 1. The fourth-order valence-electron chi connectivity index (χ4n) is 3.42. The number of carbonyl (C=O) groups is 1. The molecule has 0 aromatic heterocycles. The van der Waals surface area contributed by atoms with Crippen LogP contribution >= 0.6 is 0 Å². The molecule has 1 amide bonds. The Kier molecular flexibility index (Phi) is 8.08. The number of benzene rings is 3. The summed E-state index contributed by atoms with van der Waals surface area (Å²) < 4.78 is 39.3. The number of hydrogen-bond acceptors (Lipinski definition) is 5. The lowest BCUT2D eigenvalue weighted by Crippen LogP contribution is -2.48. The fourth-order valence-corrected chi connectivity index (χ4v) is 4.63. The van der Waals surface area contributed by atoms with Crippen LogP contribution in [0.25, 0.3) is 0 Å². The lowest BCUT2D eigenvalue weighted by atomic mass is 10.0.